The van der Waals surface area contributed by atoms with Crippen molar-refractivity contribution in [3.63, 3.8) is 0 Å². The van der Waals surface area contributed by atoms with E-state index in [-0.39, 0.29) is 43.4 Å². The maximum absolute atomic E-state index is 13.3. The van der Waals surface area contributed by atoms with E-state index in [4.69, 9.17) is 11.5 Å². The van der Waals surface area contributed by atoms with E-state index in [0.29, 0.717) is 5.56 Å². The van der Waals surface area contributed by atoms with Crippen molar-refractivity contribution in [3.05, 3.63) is 34.9 Å². The van der Waals surface area contributed by atoms with Crippen LogP contribution in [0.5, 0.6) is 0 Å². The number of nitrogens with two attached hydrogens (primary N) is 2. The van der Waals surface area contributed by atoms with Crippen LogP contribution < -0.4 is 22.1 Å². The standard InChI is InChI=1S/C23H29N9O4/c1-30-10-16(33)31(22(30)36)8-14-17-23(29-20(24)28-17)18(34)15(9-32(23)21(25)27-14)26-19(35)13-7-3-5-11-4-2-6-12(11)13/h3,5,7,14-15,17-18,34H,2,4,6,8-10H2,1H3,(H2,25,27)(H,26,35)(H3,24,28,29)/t14?,15-,17?,18?,23+/m0/s1. The van der Waals surface area contributed by atoms with Crippen LogP contribution in [0.4, 0.5) is 4.79 Å². The lowest BCUT2D eigenvalue weighted by molar-refractivity contribution is -0.125. The molecule has 6 rings (SSSR count). The molecule has 1 spiro atoms. The second-order valence-electron chi connectivity index (χ2n) is 10.0. The van der Waals surface area contributed by atoms with Crippen molar-refractivity contribution in [2.24, 2.45) is 21.5 Å². The minimum Gasteiger partial charge on any atom is -0.386 e. The summed E-state index contributed by atoms with van der Waals surface area (Å²) in [6.07, 6.45) is 1.66. The van der Waals surface area contributed by atoms with E-state index in [1.807, 2.05) is 12.1 Å². The predicted octanol–water partition coefficient (Wildman–Crippen LogP) is -2.48. The Morgan fingerprint density at radius 3 is 2.83 bits per heavy atom. The van der Waals surface area contributed by atoms with E-state index in [1.165, 1.54) is 10.5 Å². The van der Waals surface area contributed by atoms with Crippen molar-refractivity contribution < 1.29 is 19.5 Å². The number of guanidine groups is 2. The van der Waals surface area contributed by atoms with Crippen LogP contribution in [0.3, 0.4) is 0 Å². The second-order valence-corrected chi connectivity index (χ2v) is 10.0. The van der Waals surface area contributed by atoms with Gasteiger partial charge in [0.15, 0.2) is 17.6 Å². The van der Waals surface area contributed by atoms with E-state index >= 15 is 0 Å². The zero-order chi connectivity index (χ0) is 25.4. The quantitative estimate of drug-likeness (QED) is 0.285. The smallest absolute Gasteiger partial charge is 0.327 e. The molecule has 0 bridgehead atoms. The largest absolute Gasteiger partial charge is 0.386 e. The average Bonchev–Trinajstić information content (AvgIpc) is 3.57. The molecule has 4 heterocycles. The van der Waals surface area contributed by atoms with Gasteiger partial charge in [0.25, 0.3) is 5.91 Å². The third-order valence-electron chi connectivity index (χ3n) is 7.96. The first-order valence-corrected chi connectivity index (χ1v) is 12.1. The molecule has 5 atom stereocenters. The number of aliphatic hydroxyl groups excluding tert-OH is 1. The topological polar surface area (TPSA) is 182 Å². The Kier molecular flexibility index (Phi) is 4.90. The van der Waals surface area contributed by atoms with E-state index < -0.39 is 35.9 Å². The van der Waals surface area contributed by atoms with Crippen molar-refractivity contribution in [1.82, 2.24) is 25.3 Å². The number of aliphatic hydroxyl groups is 1. The van der Waals surface area contributed by atoms with Gasteiger partial charge < -0.3 is 37.0 Å². The Labute approximate surface area is 207 Å². The fourth-order valence-corrected chi connectivity index (χ4v) is 6.30. The van der Waals surface area contributed by atoms with Crippen molar-refractivity contribution in [3.8, 4) is 0 Å². The summed E-state index contributed by atoms with van der Waals surface area (Å²) in [5.74, 6) is -0.412. The zero-order valence-corrected chi connectivity index (χ0v) is 19.8. The minimum atomic E-state index is -1.27. The number of fused-ring (bicyclic) bond motifs is 1. The molecule has 190 valence electrons. The molecule has 13 heteroatoms. The second kappa shape index (κ2) is 7.82. The number of aliphatic imine (C=N–C) groups is 2. The SMILES string of the molecule is CN1CC(=O)N(CC2N=C(N)N3C[C@H](NC(=O)c4cccc5c4CCC5)C(O)[C@]34NC(N)=NC24)C1=O. The molecule has 2 fully saturated rings. The average molecular weight is 496 g/mol. The lowest BCUT2D eigenvalue weighted by Gasteiger charge is -2.46. The van der Waals surface area contributed by atoms with Gasteiger partial charge in [-0.3, -0.25) is 14.5 Å². The van der Waals surface area contributed by atoms with Gasteiger partial charge in [-0.1, -0.05) is 12.1 Å². The molecule has 0 aromatic heterocycles. The number of rotatable bonds is 4. The van der Waals surface area contributed by atoms with Gasteiger partial charge in [0.2, 0.25) is 5.91 Å². The summed E-state index contributed by atoms with van der Waals surface area (Å²) in [6.45, 7) is 0.109. The third kappa shape index (κ3) is 3.08. The highest BCUT2D eigenvalue weighted by molar-refractivity contribution is 6.02. The summed E-state index contributed by atoms with van der Waals surface area (Å²) in [6, 6.07) is 3.13. The van der Waals surface area contributed by atoms with Crippen molar-refractivity contribution >= 4 is 29.8 Å². The molecule has 13 nitrogen and oxygen atoms in total. The van der Waals surface area contributed by atoms with Gasteiger partial charge in [0.1, 0.15) is 18.7 Å². The molecule has 1 aliphatic carbocycles. The Hall–Kier alpha value is -3.87. The maximum atomic E-state index is 13.3. The molecule has 0 radical (unpaired) electrons. The van der Waals surface area contributed by atoms with Crippen LogP contribution in [0.2, 0.25) is 0 Å². The molecule has 7 N–H and O–H groups in total. The monoisotopic (exact) mass is 495 g/mol. The Morgan fingerprint density at radius 1 is 1.28 bits per heavy atom. The van der Waals surface area contributed by atoms with Crippen LogP contribution in [0.25, 0.3) is 0 Å². The summed E-state index contributed by atoms with van der Waals surface area (Å²) in [4.78, 5) is 51.3. The molecule has 0 saturated carbocycles. The number of amides is 4. The van der Waals surface area contributed by atoms with E-state index in [1.54, 1.807) is 18.0 Å². The molecule has 5 aliphatic rings. The number of aryl methyl sites for hydroxylation is 1. The van der Waals surface area contributed by atoms with Crippen LogP contribution in [0, 0.1) is 0 Å². The van der Waals surface area contributed by atoms with Crippen LogP contribution in [0.1, 0.15) is 27.9 Å². The summed E-state index contributed by atoms with van der Waals surface area (Å²) >= 11 is 0. The Bertz CT molecular complexity index is 1230. The Morgan fingerprint density at radius 2 is 2.08 bits per heavy atom. The van der Waals surface area contributed by atoms with Gasteiger partial charge in [-0.25, -0.2) is 14.8 Å². The lowest BCUT2D eigenvalue weighted by Crippen LogP contribution is -2.73. The highest BCUT2D eigenvalue weighted by Crippen LogP contribution is 2.40. The first kappa shape index (κ1) is 22.6. The van der Waals surface area contributed by atoms with Gasteiger partial charge in [-0.2, -0.15) is 0 Å². The number of hydrogen-bond acceptors (Lipinski definition) is 10. The summed E-state index contributed by atoms with van der Waals surface area (Å²) < 4.78 is 0. The van der Waals surface area contributed by atoms with Gasteiger partial charge in [0.05, 0.1) is 18.6 Å². The number of carbonyl (C=O) groups excluding carboxylic acids is 3. The van der Waals surface area contributed by atoms with Gasteiger partial charge in [0, 0.05) is 19.2 Å². The fraction of sp³-hybridized carbons (Fsp3) is 0.522. The molecule has 4 aliphatic heterocycles. The highest BCUT2D eigenvalue weighted by Gasteiger charge is 2.66. The van der Waals surface area contributed by atoms with Crippen LogP contribution >= 0.6 is 0 Å². The van der Waals surface area contributed by atoms with E-state index in [2.05, 4.69) is 20.6 Å². The first-order chi connectivity index (χ1) is 17.2. The molecule has 2 saturated heterocycles. The predicted molar refractivity (Wildman–Crippen MR) is 129 cm³/mol. The fourth-order valence-electron chi connectivity index (χ4n) is 6.30. The molecule has 3 unspecified atom stereocenters. The number of benzene rings is 1. The van der Waals surface area contributed by atoms with Crippen molar-refractivity contribution in [2.75, 3.05) is 26.7 Å². The third-order valence-corrected chi connectivity index (χ3v) is 7.96. The molecule has 1 aromatic rings. The highest BCUT2D eigenvalue weighted by atomic mass is 16.3. The summed E-state index contributed by atoms with van der Waals surface area (Å²) in [5.41, 5.74) is 14.0. The van der Waals surface area contributed by atoms with Crippen LogP contribution in [-0.4, -0.2) is 106 Å². The molecule has 36 heavy (non-hydrogen) atoms. The summed E-state index contributed by atoms with van der Waals surface area (Å²) in [5, 5.41) is 17.6. The van der Waals surface area contributed by atoms with Crippen molar-refractivity contribution in [1.29, 1.82) is 0 Å². The number of likely N-dealkylation sites (N-methyl/N-ethyl adjacent to an activating group) is 1. The number of imide groups is 1. The lowest BCUT2D eigenvalue weighted by atomic mass is 9.87. The number of nitrogens with one attached hydrogen (secondary N) is 2. The van der Waals surface area contributed by atoms with Gasteiger partial charge >= 0.3 is 6.03 Å². The van der Waals surface area contributed by atoms with Gasteiger partial charge in [-0.15, -0.1) is 0 Å². The number of nitrogens with zero attached hydrogens (tertiary/aromatic N) is 5. The zero-order valence-electron chi connectivity index (χ0n) is 19.8. The number of hydrogen-bond donors (Lipinski definition) is 5. The molecule has 1 aromatic carbocycles. The number of urea groups is 1. The van der Waals surface area contributed by atoms with Crippen LogP contribution in [-0.2, 0) is 17.6 Å². The maximum Gasteiger partial charge on any atom is 0.327 e. The molecule has 4 amide bonds. The number of carbonyl (C=O) groups is 3. The minimum absolute atomic E-state index is 0.0176. The van der Waals surface area contributed by atoms with E-state index in [9.17, 15) is 19.5 Å². The molecular weight excluding hydrogens is 466 g/mol. The first-order valence-electron chi connectivity index (χ1n) is 12.1. The summed E-state index contributed by atoms with van der Waals surface area (Å²) in [7, 11) is 1.55. The molecular formula is C23H29N9O4. The van der Waals surface area contributed by atoms with Crippen LogP contribution in [0.15, 0.2) is 28.2 Å². The van der Waals surface area contributed by atoms with Crippen molar-refractivity contribution in [2.45, 2.75) is 49.2 Å². The Balaban J connectivity index is 1.28. The van der Waals surface area contributed by atoms with E-state index in [0.717, 1.165) is 29.7 Å². The normalized spacial score (nSPS) is 32.7. The van der Waals surface area contributed by atoms with Gasteiger partial charge in [-0.05, 0) is 36.5 Å².